The van der Waals surface area contributed by atoms with E-state index in [9.17, 15) is 67.5 Å². The van der Waals surface area contributed by atoms with Crippen molar-refractivity contribution in [3.8, 4) is 23.5 Å². The number of hydrogen-bond donors (Lipinski definition) is 6. The quantitative estimate of drug-likeness (QED) is 0.00292. The number of imidazole rings is 1. The van der Waals surface area contributed by atoms with Crippen molar-refractivity contribution in [3.05, 3.63) is 302 Å². The second kappa shape index (κ2) is 48.9. The van der Waals surface area contributed by atoms with E-state index in [-0.39, 0.29) is 71.3 Å². The number of Topliss-reactive ketones (excluding diaryl/α,β-unsaturated/α-hetero) is 1. The Bertz CT molecular complexity index is 6020. The maximum absolute atomic E-state index is 13.0. The summed E-state index contributed by atoms with van der Waals surface area (Å²) in [5.41, 5.74) is 11.6. The Kier molecular flexibility index (Phi) is 36.7. The number of likely N-dealkylation sites (N-methyl/N-ethyl adjacent to an activating group) is 1. The highest BCUT2D eigenvalue weighted by Crippen LogP contribution is 2.36. The fraction of sp³-hybridized carbons (Fsp3) is 0.300. The van der Waals surface area contributed by atoms with Crippen LogP contribution in [0.15, 0.2) is 251 Å². The SMILES string of the molecule is CC(CCc1ccccc1)C(=O)NO.CC1=C(C#N)C(=O)N(CC(C)O)C(=O)/C1=C/c1ccc(-c2cccc(Cl)c2C)o1.CN(C)CCCN1CCN(c2nc(N(C)CC(=O)O)c3ncn(Cc4ccc(C(F)(F)F)cc4)c3n2)CC1.N#C/C(=C\c1ccc(N2Cc3ccccc3C2)cc1)C(=O)NCC1CCOC1.O=C(NC(Sc1ccncn1)C(=O)c1ccccc1)c1ccccc1. The predicted octanol–water partition coefficient (Wildman–Crippen LogP) is 14.6. The molecule has 696 valence electrons. The smallest absolute Gasteiger partial charge is 0.416 e. The summed E-state index contributed by atoms with van der Waals surface area (Å²) >= 11 is 7.36. The number of aliphatic hydroxyl groups excluding tert-OH is 1. The Labute approximate surface area is 784 Å². The van der Waals surface area contributed by atoms with E-state index >= 15 is 0 Å². The monoisotopic (exact) mass is 1860 g/mol. The van der Waals surface area contributed by atoms with E-state index in [2.05, 4.69) is 83.5 Å². The summed E-state index contributed by atoms with van der Waals surface area (Å²) in [6.45, 7) is 15.5. The number of aryl methyl sites for hydroxylation is 1. The number of fused-ring (bicyclic) bond motifs is 2. The van der Waals surface area contributed by atoms with Crippen LogP contribution in [0, 0.1) is 41.4 Å². The zero-order valence-electron chi connectivity index (χ0n) is 75.2. The Hall–Kier alpha value is -14.0. The number of β-amino-alcohol motifs (C(OH)–C–C–N with tert-alkyl or cyclic N) is 1. The fourth-order valence-electron chi connectivity index (χ4n) is 14.8. The first-order valence-electron chi connectivity index (χ1n) is 43.4. The van der Waals surface area contributed by atoms with Crippen LogP contribution in [0.4, 0.5) is 30.6 Å². The van der Waals surface area contributed by atoms with Crippen molar-refractivity contribution >= 4 is 105 Å². The van der Waals surface area contributed by atoms with Crippen LogP contribution >= 0.6 is 23.4 Å². The van der Waals surface area contributed by atoms with Crippen molar-refractivity contribution in [1.29, 1.82) is 10.5 Å². The van der Waals surface area contributed by atoms with Crippen LogP contribution in [0.5, 0.6) is 0 Å². The van der Waals surface area contributed by atoms with Crippen molar-refractivity contribution in [2.75, 3.05) is 108 Å². The zero-order chi connectivity index (χ0) is 96.0. The van der Waals surface area contributed by atoms with Crippen LogP contribution in [0.25, 0.3) is 34.6 Å². The molecule has 7 aromatic carbocycles. The number of hydrogen-bond acceptors (Lipinski definition) is 24. The number of nitrogens with zero attached hydrogens (tertiary/aromatic N) is 14. The first-order chi connectivity index (χ1) is 64.4. The number of piperazine rings is 1. The Morgan fingerprint density at radius 1 is 0.761 bits per heavy atom. The first-order valence-corrected chi connectivity index (χ1v) is 44.6. The van der Waals surface area contributed by atoms with Gasteiger partial charge in [-0.15, -0.1) is 0 Å². The van der Waals surface area contributed by atoms with Crippen LogP contribution in [-0.2, 0) is 60.9 Å². The number of alkyl halides is 3. The third-order valence-electron chi connectivity index (χ3n) is 22.3. The maximum Gasteiger partial charge on any atom is 0.416 e. The minimum atomic E-state index is -4.40. The summed E-state index contributed by atoms with van der Waals surface area (Å²) in [5, 5.41) is 52.2. The number of ether oxygens (including phenoxy) is 1. The van der Waals surface area contributed by atoms with E-state index in [4.69, 9.17) is 35.9 Å². The molecule has 0 spiro atoms. The van der Waals surface area contributed by atoms with Gasteiger partial charge in [-0.25, -0.2) is 20.4 Å². The highest BCUT2D eigenvalue weighted by Gasteiger charge is 2.37. The number of aliphatic hydroxyl groups is 1. The number of anilines is 3. The number of carbonyl (C=O) groups excluding carboxylic acids is 6. The summed E-state index contributed by atoms with van der Waals surface area (Å²) in [6, 6.07) is 63.6. The lowest BCUT2D eigenvalue weighted by molar-refractivity contribution is -0.142. The van der Waals surface area contributed by atoms with Gasteiger partial charge in [0, 0.05) is 110 Å². The van der Waals surface area contributed by atoms with Crippen molar-refractivity contribution in [1.82, 2.24) is 60.3 Å². The number of benzene rings is 7. The summed E-state index contributed by atoms with van der Waals surface area (Å²) in [5.74, 6) is -1.39. The second-order valence-corrected chi connectivity index (χ2v) is 34.1. The third-order valence-corrected chi connectivity index (χ3v) is 23.7. The van der Waals surface area contributed by atoms with Gasteiger partial charge in [0.2, 0.25) is 11.9 Å². The van der Waals surface area contributed by atoms with E-state index in [0.29, 0.717) is 80.3 Å². The highest BCUT2D eigenvalue weighted by atomic mass is 35.5. The van der Waals surface area contributed by atoms with Gasteiger partial charge < -0.3 is 54.2 Å². The number of ketones is 1. The van der Waals surface area contributed by atoms with Crippen molar-refractivity contribution < 1.29 is 71.3 Å². The van der Waals surface area contributed by atoms with Crippen molar-refractivity contribution in [3.63, 3.8) is 0 Å². The molecule has 0 aliphatic carbocycles. The molecule has 2 saturated heterocycles. The Morgan fingerprint density at radius 3 is 2.03 bits per heavy atom. The Morgan fingerprint density at radius 2 is 1.43 bits per heavy atom. The van der Waals surface area contributed by atoms with E-state index in [1.54, 1.807) is 122 Å². The highest BCUT2D eigenvalue weighted by molar-refractivity contribution is 8.00. The Balaban J connectivity index is 0.000000165. The molecule has 0 saturated carbocycles. The molecule has 5 amide bonds. The number of carbonyl (C=O) groups is 7. The topological polar surface area (TPSA) is 375 Å². The van der Waals surface area contributed by atoms with E-state index < -0.39 is 41.0 Å². The van der Waals surface area contributed by atoms with E-state index in [1.807, 2.05) is 97.9 Å². The molecule has 6 N–H and O–H groups in total. The van der Waals surface area contributed by atoms with Gasteiger partial charge in [0.05, 0.1) is 37.7 Å². The lowest BCUT2D eigenvalue weighted by Gasteiger charge is -2.35. The van der Waals surface area contributed by atoms with Gasteiger partial charge in [0.25, 0.3) is 23.6 Å². The van der Waals surface area contributed by atoms with Crippen LogP contribution < -0.4 is 30.8 Å². The number of rotatable bonds is 29. The number of carboxylic acids is 1. The van der Waals surface area contributed by atoms with Crippen LogP contribution in [0.1, 0.15) is 105 Å². The molecule has 4 atom stereocenters. The van der Waals surface area contributed by atoms with Gasteiger partial charge in [-0.3, -0.25) is 48.6 Å². The first kappa shape index (κ1) is 101. The summed E-state index contributed by atoms with van der Waals surface area (Å²) in [7, 11) is 5.76. The molecule has 4 aliphatic heterocycles. The summed E-state index contributed by atoms with van der Waals surface area (Å²) < 4.78 is 51.8. The van der Waals surface area contributed by atoms with Gasteiger partial charge in [-0.05, 0) is 185 Å². The van der Waals surface area contributed by atoms with E-state index in [1.165, 1.54) is 64.8 Å². The van der Waals surface area contributed by atoms with Gasteiger partial charge in [-0.1, -0.05) is 170 Å². The minimum Gasteiger partial charge on any atom is -0.480 e. The molecule has 4 unspecified atom stereocenters. The average molecular weight is 1860 g/mol. The number of nitriles is 2. The molecule has 0 radical (unpaired) electrons. The molecule has 134 heavy (non-hydrogen) atoms. The number of imide groups is 1. The molecular weight excluding hydrogens is 1760 g/mol. The number of nitrogens with one attached hydrogen (secondary N) is 3. The minimum absolute atomic E-state index is 0.125. The predicted molar refractivity (Wildman–Crippen MR) is 506 cm³/mol. The van der Waals surface area contributed by atoms with Gasteiger partial charge >= 0.3 is 12.1 Å². The number of thioether (sulfide) groups is 1. The molecule has 29 nitrogen and oxygen atoms in total. The normalized spacial score (nSPS) is 15.3. The van der Waals surface area contributed by atoms with Gasteiger partial charge in [-0.2, -0.15) is 33.7 Å². The summed E-state index contributed by atoms with van der Waals surface area (Å²) in [6.07, 6.45) is 6.03. The standard InChI is InChI=1S/C25H33F3N8O2.C23H23N3O2.C22H19ClN2O4.C19H15N3O2S.C11H15NO2/c1-32(2)9-4-10-34-11-13-35(14-12-34)24-30-22(33(3)16-20(37)38)21-23(31-24)36(17-29-21)15-18-5-7-19(8-6-18)25(26,27)28;24-12-21(23(27)25-13-18-9-10-28-16-18)11-17-5-7-22(8-6-17)26-14-19-3-1-2-4-20(19)15-26;1-12(26)11-25-21(27)17(13(2)18(10-24)22(25)28)9-15-7-8-20(29-15)16-5-4-6-19(23)14(16)3;23-17(14-7-3-1-4-8-14)19(25-16-11-12-20-13-21-16)22-18(24)15-9-5-2-6-10-15;1-9(11(13)12-14)7-8-10-5-3-2-4-6-10/h5-8,17H,4,9-16H2,1-3H3,(H,37,38);1-8,11,18H,9-10,13-16H2,(H,25,27);4-9,12,26H,11H2,1-3H3;1-13,19H,(H,22,24);2-6,9,14H,7-8H2,1H3,(H,12,13)/b;21-11+;17-9+;;. The van der Waals surface area contributed by atoms with Crippen LogP contribution in [0.2, 0.25) is 5.02 Å². The number of aliphatic carboxylic acids is 1. The second-order valence-electron chi connectivity index (χ2n) is 32.5. The lowest BCUT2D eigenvalue weighted by Crippen LogP contribution is -2.47. The fourth-order valence-corrected chi connectivity index (χ4v) is 15.8. The van der Waals surface area contributed by atoms with Crippen LogP contribution in [0.3, 0.4) is 0 Å². The molecule has 4 aromatic heterocycles. The third kappa shape index (κ3) is 28.5. The summed E-state index contributed by atoms with van der Waals surface area (Å²) in [4.78, 5) is 119. The number of aromatic nitrogens is 6. The molecule has 11 aromatic rings. The average Bonchev–Trinajstić information content (AvgIpc) is 1.56. The maximum atomic E-state index is 13.0. The molecule has 0 bridgehead atoms. The number of amides is 5. The lowest BCUT2D eigenvalue weighted by atomic mass is 9.94. The number of furan rings is 1. The number of hydroxylamine groups is 1. The van der Waals surface area contributed by atoms with Crippen LogP contribution in [-0.4, -0.2) is 206 Å². The molecule has 8 heterocycles. The van der Waals surface area contributed by atoms with Gasteiger partial charge in [0.1, 0.15) is 58.1 Å². The molecule has 2 fully saturated rings. The molecular formula is C100H105ClF3N17O12S. The number of halogens is 4. The van der Waals surface area contributed by atoms with Gasteiger partial charge in [0.15, 0.2) is 22.8 Å². The molecule has 34 heteroatoms. The molecule has 4 aliphatic rings. The van der Waals surface area contributed by atoms with Crippen molar-refractivity contribution in [2.24, 2.45) is 11.8 Å². The van der Waals surface area contributed by atoms with Crippen molar-refractivity contribution in [2.45, 2.75) is 95.7 Å². The number of carboxylic acid groups (broad SMARTS) is 1. The largest absolute Gasteiger partial charge is 0.480 e. The zero-order valence-corrected chi connectivity index (χ0v) is 76.7. The molecule has 15 rings (SSSR count). The van der Waals surface area contributed by atoms with E-state index in [0.717, 1.165) is 124 Å².